The molecule has 1 heterocycles. The highest BCUT2D eigenvalue weighted by molar-refractivity contribution is 9.10. The van der Waals surface area contributed by atoms with Crippen molar-refractivity contribution in [1.82, 2.24) is 0 Å². The number of carbonyl (C=O) groups is 1. The van der Waals surface area contributed by atoms with Gasteiger partial charge in [-0.2, -0.15) is 0 Å². The molecular formula is C16H14BrClN2O. The van der Waals surface area contributed by atoms with Gasteiger partial charge in [0.1, 0.15) is 0 Å². The van der Waals surface area contributed by atoms with Gasteiger partial charge in [-0.15, -0.1) is 0 Å². The molecule has 5 heteroatoms. The highest BCUT2D eigenvalue weighted by Crippen LogP contribution is 2.30. The summed E-state index contributed by atoms with van der Waals surface area (Å²) >= 11 is 9.34. The fourth-order valence-corrected chi connectivity index (χ4v) is 3.48. The third-order valence-electron chi connectivity index (χ3n) is 3.59. The summed E-state index contributed by atoms with van der Waals surface area (Å²) < 4.78 is 0.691. The molecule has 1 amide bonds. The van der Waals surface area contributed by atoms with Gasteiger partial charge in [0.15, 0.2) is 0 Å². The number of para-hydroxylation sites is 1. The predicted molar refractivity (Wildman–Crippen MR) is 88.9 cm³/mol. The number of carbonyl (C=O) groups excluding carboxylic acids is 1. The number of hydrogen-bond acceptors (Lipinski definition) is 2. The summed E-state index contributed by atoms with van der Waals surface area (Å²) in [5.41, 5.74) is 8.72. The van der Waals surface area contributed by atoms with E-state index in [0.29, 0.717) is 21.6 Å². The summed E-state index contributed by atoms with van der Waals surface area (Å²) in [5.74, 6) is -0.0684. The molecule has 3 nitrogen and oxygen atoms in total. The third-order valence-corrected chi connectivity index (χ3v) is 4.48. The lowest BCUT2D eigenvalue weighted by molar-refractivity contribution is 0.0982. The monoisotopic (exact) mass is 364 g/mol. The number of amides is 1. The zero-order valence-corrected chi connectivity index (χ0v) is 13.6. The van der Waals surface area contributed by atoms with Crippen LogP contribution in [0.2, 0.25) is 5.02 Å². The second-order valence-corrected chi connectivity index (χ2v) is 6.42. The predicted octanol–water partition coefficient (Wildman–Crippen LogP) is 3.63. The molecule has 3 rings (SSSR count). The Labute approximate surface area is 136 Å². The van der Waals surface area contributed by atoms with Crippen molar-refractivity contribution in [3.8, 4) is 0 Å². The Morgan fingerprint density at radius 2 is 2.05 bits per heavy atom. The summed E-state index contributed by atoms with van der Waals surface area (Å²) in [6.07, 6.45) is 0.793. The Kier molecular flexibility index (Phi) is 4.02. The molecule has 0 spiro atoms. The summed E-state index contributed by atoms with van der Waals surface area (Å²) in [5, 5.41) is 0.592. The number of hydrogen-bond donors (Lipinski definition) is 1. The average molecular weight is 366 g/mol. The summed E-state index contributed by atoms with van der Waals surface area (Å²) in [7, 11) is 0. The molecule has 1 aliphatic rings. The Morgan fingerprint density at radius 1 is 1.29 bits per heavy atom. The largest absolute Gasteiger partial charge is 0.326 e. The van der Waals surface area contributed by atoms with Gasteiger partial charge in [0.2, 0.25) is 0 Å². The van der Waals surface area contributed by atoms with E-state index in [1.165, 1.54) is 0 Å². The zero-order valence-electron chi connectivity index (χ0n) is 11.2. The van der Waals surface area contributed by atoms with Crippen molar-refractivity contribution in [3.63, 3.8) is 0 Å². The first-order valence-electron chi connectivity index (χ1n) is 6.66. The fourth-order valence-electron chi connectivity index (χ4n) is 2.63. The van der Waals surface area contributed by atoms with Crippen molar-refractivity contribution >= 4 is 39.1 Å². The molecule has 1 aliphatic heterocycles. The van der Waals surface area contributed by atoms with Gasteiger partial charge < -0.3 is 10.6 Å². The van der Waals surface area contributed by atoms with Crippen LogP contribution in [-0.4, -0.2) is 18.5 Å². The maximum atomic E-state index is 12.8. The molecule has 0 fully saturated rings. The highest BCUT2D eigenvalue weighted by atomic mass is 79.9. The molecule has 0 bridgehead atoms. The smallest absolute Gasteiger partial charge is 0.259 e. The lowest BCUT2D eigenvalue weighted by Gasteiger charge is -2.33. The third kappa shape index (κ3) is 2.84. The first-order chi connectivity index (χ1) is 10.1. The van der Waals surface area contributed by atoms with Gasteiger partial charge in [-0.25, -0.2) is 0 Å². The molecule has 1 atom stereocenters. The van der Waals surface area contributed by atoms with Crippen LogP contribution in [0.3, 0.4) is 0 Å². The van der Waals surface area contributed by atoms with E-state index in [-0.39, 0.29) is 11.9 Å². The Hall–Kier alpha value is -1.36. The van der Waals surface area contributed by atoms with E-state index in [0.717, 1.165) is 17.7 Å². The van der Waals surface area contributed by atoms with Crippen LogP contribution >= 0.6 is 27.5 Å². The van der Waals surface area contributed by atoms with E-state index in [1.54, 1.807) is 23.1 Å². The Morgan fingerprint density at radius 3 is 2.81 bits per heavy atom. The second kappa shape index (κ2) is 5.79. The van der Waals surface area contributed by atoms with E-state index in [2.05, 4.69) is 15.9 Å². The van der Waals surface area contributed by atoms with E-state index < -0.39 is 0 Å². The standard InChI is InChI=1S/C16H14BrClN2O/c17-14-8-11(18)5-6-13(14)16(21)20-9-12(19)7-10-3-1-2-4-15(10)20/h1-6,8,12H,7,9,19H2. The van der Waals surface area contributed by atoms with Crippen molar-refractivity contribution in [2.24, 2.45) is 5.73 Å². The van der Waals surface area contributed by atoms with Crippen molar-refractivity contribution in [1.29, 1.82) is 0 Å². The lowest BCUT2D eigenvalue weighted by atomic mass is 9.97. The van der Waals surface area contributed by atoms with Crippen molar-refractivity contribution in [3.05, 3.63) is 63.1 Å². The van der Waals surface area contributed by atoms with E-state index in [4.69, 9.17) is 17.3 Å². The molecule has 1 unspecified atom stereocenters. The SMILES string of the molecule is NC1Cc2ccccc2N(C(=O)c2ccc(Cl)cc2Br)C1. The molecule has 21 heavy (non-hydrogen) atoms. The highest BCUT2D eigenvalue weighted by Gasteiger charge is 2.28. The minimum absolute atomic E-state index is 0.0464. The fraction of sp³-hybridized carbons (Fsp3) is 0.188. The second-order valence-electron chi connectivity index (χ2n) is 5.13. The number of anilines is 1. The van der Waals surface area contributed by atoms with Gasteiger partial charge in [0, 0.05) is 27.8 Å². The van der Waals surface area contributed by atoms with Crippen LogP contribution in [0.15, 0.2) is 46.9 Å². The number of nitrogens with two attached hydrogens (primary N) is 1. The van der Waals surface area contributed by atoms with Crippen molar-refractivity contribution in [2.75, 3.05) is 11.4 Å². The van der Waals surface area contributed by atoms with Crippen LogP contribution in [0, 0.1) is 0 Å². The zero-order chi connectivity index (χ0) is 15.0. The Bertz CT molecular complexity index is 704. The maximum Gasteiger partial charge on any atom is 0.259 e. The summed E-state index contributed by atoms with van der Waals surface area (Å²) in [6, 6.07) is 13.0. The van der Waals surface area contributed by atoms with E-state index in [9.17, 15) is 4.79 Å². The molecule has 2 aromatic rings. The van der Waals surface area contributed by atoms with Gasteiger partial charge in [-0.3, -0.25) is 4.79 Å². The van der Waals surface area contributed by atoms with E-state index in [1.807, 2.05) is 24.3 Å². The maximum absolute atomic E-state index is 12.8. The molecule has 108 valence electrons. The number of benzene rings is 2. The minimum atomic E-state index is -0.0684. The van der Waals surface area contributed by atoms with Crippen LogP contribution < -0.4 is 10.6 Å². The normalized spacial score (nSPS) is 17.5. The number of fused-ring (bicyclic) bond motifs is 1. The molecule has 0 saturated carbocycles. The van der Waals surface area contributed by atoms with Crippen molar-refractivity contribution < 1.29 is 4.79 Å². The van der Waals surface area contributed by atoms with Gasteiger partial charge in [-0.1, -0.05) is 29.8 Å². The lowest BCUT2D eigenvalue weighted by Crippen LogP contribution is -2.46. The van der Waals surface area contributed by atoms with Crippen LogP contribution in [-0.2, 0) is 6.42 Å². The van der Waals surface area contributed by atoms with E-state index >= 15 is 0 Å². The first kappa shape index (κ1) is 14.6. The molecule has 2 N–H and O–H groups in total. The number of nitrogens with zero attached hydrogens (tertiary/aromatic N) is 1. The van der Waals surface area contributed by atoms with Gasteiger partial charge in [0.25, 0.3) is 5.91 Å². The van der Waals surface area contributed by atoms with Gasteiger partial charge in [-0.05, 0) is 52.2 Å². The topological polar surface area (TPSA) is 46.3 Å². The summed E-state index contributed by atoms with van der Waals surface area (Å²) in [4.78, 5) is 14.6. The molecule has 0 aliphatic carbocycles. The molecule has 0 aromatic heterocycles. The molecular weight excluding hydrogens is 352 g/mol. The van der Waals surface area contributed by atoms with Crippen LogP contribution in [0.25, 0.3) is 0 Å². The first-order valence-corrected chi connectivity index (χ1v) is 7.84. The van der Waals surface area contributed by atoms with Crippen LogP contribution in [0.4, 0.5) is 5.69 Å². The van der Waals surface area contributed by atoms with Crippen LogP contribution in [0.1, 0.15) is 15.9 Å². The van der Waals surface area contributed by atoms with Crippen LogP contribution in [0.5, 0.6) is 0 Å². The average Bonchev–Trinajstić information content (AvgIpc) is 2.45. The number of rotatable bonds is 1. The summed E-state index contributed by atoms with van der Waals surface area (Å²) in [6.45, 7) is 0.519. The van der Waals surface area contributed by atoms with Gasteiger partial charge in [0.05, 0.1) is 5.56 Å². The van der Waals surface area contributed by atoms with Crippen molar-refractivity contribution in [2.45, 2.75) is 12.5 Å². The number of halogens is 2. The quantitative estimate of drug-likeness (QED) is 0.839. The van der Waals surface area contributed by atoms with Gasteiger partial charge >= 0.3 is 0 Å². The molecule has 2 aromatic carbocycles. The minimum Gasteiger partial charge on any atom is -0.326 e. The molecule has 0 saturated heterocycles. The Balaban J connectivity index is 2.02. The molecule has 0 radical (unpaired) electrons.